The van der Waals surface area contributed by atoms with Crippen LogP contribution in [0.25, 0.3) is 0 Å². The molecule has 0 aliphatic heterocycles. The fourth-order valence-corrected chi connectivity index (χ4v) is 1.95. The lowest BCUT2D eigenvalue weighted by molar-refractivity contribution is 0.0957. The molecule has 0 aliphatic carbocycles. The topological polar surface area (TPSA) is 80.9 Å². The molecule has 1 aromatic heterocycles. The molecule has 5 nitrogen and oxygen atoms in total. The van der Waals surface area contributed by atoms with Gasteiger partial charge in [-0.25, -0.2) is 0 Å². The molecule has 0 bridgehead atoms. The van der Waals surface area contributed by atoms with Gasteiger partial charge in [-0.05, 0) is 17.5 Å². The predicted octanol–water partition coefficient (Wildman–Crippen LogP) is 1.07. The summed E-state index contributed by atoms with van der Waals surface area (Å²) in [6, 6.07) is 0. The smallest absolute Gasteiger partial charge is 0.264 e. The van der Waals surface area contributed by atoms with Gasteiger partial charge in [-0.15, -0.1) is 5.10 Å². The van der Waals surface area contributed by atoms with Crippen LogP contribution >= 0.6 is 23.8 Å². The molecular formula is C9H14N4OS2. The van der Waals surface area contributed by atoms with Crippen LogP contribution < -0.4 is 11.1 Å². The molecule has 16 heavy (non-hydrogen) atoms. The fraction of sp³-hybridized carbons (Fsp3) is 0.556. The first-order valence-electron chi connectivity index (χ1n) is 4.91. The summed E-state index contributed by atoms with van der Waals surface area (Å²) in [5, 5.41) is 6.67. The zero-order valence-corrected chi connectivity index (χ0v) is 10.8. The summed E-state index contributed by atoms with van der Waals surface area (Å²) in [4.78, 5) is 12.7. The molecule has 0 saturated heterocycles. The highest BCUT2D eigenvalue weighted by Crippen LogP contribution is 2.19. The highest BCUT2D eigenvalue weighted by Gasteiger charge is 2.17. The van der Waals surface area contributed by atoms with Crippen LogP contribution in [0.5, 0.6) is 0 Å². The first-order valence-corrected chi connectivity index (χ1v) is 6.09. The number of carbonyl (C=O) groups is 1. The minimum absolute atomic E-state index is 0.157. The zero-order valence-electron chi connectivity index (χ0n) is 9.19. The SMILES string of the molecule is CC(C)c1nnsc1C(=O)NCCC(N)=S. The molecule has 0 fully saturated rings. The van der Waals surface area contributed by atoms with E-state index in [1.807, 2.05) is 13.8 Å². The maximum Gasteiger partial charge on any atom is 0.264 e. The van der Waals surface area contributed by atoms with Crippen molar-refractivity contribution in [3.05, 3.63) is 10.6 Å². The van der Waals surface area contributed by atoms with Gasteiger partial charge in [-0.3, -0.25) is 4.79 Å². The summed E-state index contributed by atoms with van der Waals surface area (Å²) in [6.45, 7) is 4.40. The summed E-state index contributed by atoms with van der Waals surface area (Å²) >= 11 is 5.83. The Balaban J connectivity index is 2.59. The quantitative estimate of drug-likeness (QED) is 0.772. The summed E-state index contributed by atoms with van der Waals surface area (Å²) in [7, 11) is 0. The number of amides is 1. The Morgan fingerprint density at radius 3 is 2.88 bits per heavy atom. The third-order valence-electron chi connectivity index (χ3n) is 1.92. The largest absolute Gasteiger partial charge is 0.393 e. The van der Waals surface area contributed by atoms with E-state index < -0.39 is 0 Å². The van der Waals surface area contributed by atoms with Crippen LogP contribution in [0.4, 0.5) is 0 Å². The van der Waals surface area contributed by atoms with Gasteiger partial charge in [0.25, 0.3) is 5.91 Å². The second kappa shape index (κ2) is 5.86. The van der Waals surface area contributed by atoms with E-state index in [9.17, 15) is 4.79 Å². The van der Waals surface area contributed by atoms with Crippen LogP contribution in [0.2, 0.25) is 0 Å². The van der Waals surface area contributed by atoms with E-state index in [2.05, 4.69) is 14.9 Å². The Hall–Kier alpha value is -1.08. The molecule has 0 spiro atoms. The molecule has 88 valence electrons. The first kappa shape index (κ1) is 13.0. The van der Waals surface area contributed by atoms with E-state index in [0.29, 0.717) is 22.8 Å². The van der Waals surface area contributed by atoms with Gasteiger partial charge in [0.05, 0.1) is 10.7 Å². The average Bonchev–Trinajstić information content (AvgIpc) is 2.65. The third kappa shape index (κ3) is 3.49. The van der Waals surface area contributed by atoms with Gasteiger partial charge in [0, 0.05) is 13.0 Å². The van der Waals surface area contributed by atoms with Crippen molar-refractivity contribution in [2.24, 2.45) is 5.73 Å². The maximum atomic E-state index is 11.7. The van der Waals surface area contributed by atoms with Gasteiger partial charge >= 0.3 is 0 Å². The van der Waals surface area contributed by atoms with Crippen LogP contribution in [-0.2, 0) is 0 Å². The van der Waals surface area contributed by atoms with Gasteiger partial charge < -0.3 is 11.1 Å². The zero-order chi connectivity index (χ0) is 12.1. The predicted molar refractivity (Wildman–Crippen MR) is 67.7 cm³/mol. The molecular weight excluding hydrogens is 244 g/mol. The normalized spacial score (nSPS) is 10.4. The molecule has 0 radical (unpaired) electrons. The molecule has 1 rings (SSSR count). The number of nitrogens with two attached hydrogens (primary N) is 1. The highest BCUT2D eigenvalue weighted by atomic mass is 32.1. The second-order valence-corrected chi connectivity index (χ2v) is 4.89. The van der Waals surface area contributed by atoms with E-state index in [1.54, 1.807) is 0 Å². The summed E-state index contributed by atoms with van der Waals surface area (Å²) in [5.41, 5.74) is 6.07. The van der Waals surface area contributed by atoms with Crippen molar-refractivity contribution >= 4 is 34.6 Å². The Labute approximate surface area is 104 Å². The summed E-state index contributed by atoms with van der Waals surface area (Å²) in [6.07, 6.45) is 0.504. The van der Waals surface area contributed by atoms with Crippen molar-refractivity contribution < 1.29 is 4.79 Å². The van der Waals surface area contributed by atoms with Gasteiger partial charge in [-0.2, -0.15) is 0 Å². The first-order chi connectivity index (χ1) is 7.52. The lowest BCUT2D eigenvalue weighted by Crippen LogP contribution is -2.27. The molecule has 0 atom stereocenters. The maximum absolute atomic E-state index is 11.7. The lowest BCUT2D eigenvalue weighted by atomic mass is 10.1. The number of nitrogens with zero attached hydrogens (tertiary/aromatic N) is 2. The van der Waals surface area contributed by atoms with Crippen molar-refractivity contribution in [2.75, 3.05) is 6.54 Å². The molecule has 1 amide bonds. The van der Waals surface area contributed by atoms with Crippen LogP contribution in [0.3, 0.4) is 0 Å². The number of nitrogens with one attached hydrogen (secondary N) is 1. The van der Waals surface area contributed by atoms with Gasteiger partial charge in [-0.1, -0.05) is 30.6 Å². The minimum atomic E-state index is -0.157. The summed E-state index contributed by atoms with van der Waals surface area (Å²) < 4.78 is 3.79. The van der Waals surface area contributed by atoms with Crippen LogP contribution in [0.15, 0.2) is 0 Å². The monoisotopic (exact) mass is 258 g/mol. The number of aromatic nitrogens is 2. The minimum Gasteiger partial charge on any atom is -0.393 e. The van der Waals surface area contributed by atoms with Crippen LogP contribution in [0.1, 0.15) is 41.6 Å². The lowest BCUT2D eigenvalue weighted by Gasteiger charge is -2.05. The van der Waals surface area contributed by atoms with Crippen molar-refractivity contribution in [2.45, 2.75) is 26.2 Å². The van der Waals surface area contributed by atoms with Crippen LogP contribution in [-0.4, -0.2) is 27.0 Å². The number of thiocarbonyl (C=S) groups is 1. The van der Waals surface area contributed by atoms with E-state index in [-0.39, 0.29) is 11.8 Å². The summed E-state index contributed by atoms with van der Waals surface area (Å²) in [5.74, 6) is 0.0324. The number of carbonyl (C=O) groups excluding carboxylic acids is 1. The van der Waals surface area contributed by atoms with E-state index in [0.717, 1.165) is 17.2 Å². The van der Waals surface area contributed by atoms with E-state index in [4.69, 9.17) is 18.0 Å². The van der Waals surface area contributed by atoms with Gasteiger partial charge in [0.1, 0.15) is 4.88 Å². The molecule has 0 aliphatic rings. The fourth-order valence-electron chi connectivity index (χ4n) is 1.11. The second-order valence-electron chi connectivity index (χ2n) is 3.61. The van der Waals surface area contributed by atoms with Crippen molar-refractivity contribution in [3.8, 4) is 0 Å². The standard InChI is InChI=1S/C9H14N4OS2/c1-5(2)7-8(16-13-12-7)9(14)11-4-3-6(10)15/h5H,3-4H2,1-2H3,(H2,10,15)(H,11,14). The Morgan fingerprint density at radius 1 is 1.62 bits per heavy atom. The third-order valence-corrected chi connectivity index (χ3v) is 2.87. The van der Waals surface area contributed by atoms with Crippen LogP contribution in [0, 0.1) is 0 Å². The molecule has 3 N–H and O–H groups in total. The highest BCUT2D eigenvalue weighted by molar-refractivity contribution is 7.80. The van der Waals surface area contributed by atoms with Gasteiger partial charge in [0.2, 0.25) is 0 Å². The average molecular weight is 258 g/mol. The van der Waals surface area contributed by atoms with Gasteiger partial charge in [0.15, 0.2) is 0 Å². The van der Waals surface area contributed by atoms with E-state index in [1.165, 1.54) is 0 Å². The van der Waals surface area contributed by atoms with Crippen molar-refractivity contribution in [3.63, 3.8) is 0 Å². The van der Waals surface area contributed by atoms with Crippen molar-refractivity contribution in [1.29, 1.82) is 0 Å². The Kier molecular flexibility index (Phi) is 4.75. The molecule has 0 aromatic carbocycles. The molecule has 0 unspecified atom stereocenters. The Morgan fingerprint density at radius 2 is 2.31 bits per heavy atom. The number of hydrogen-bond acceptors (Lipinski definition) is 5. The Bertz CT molecular complexity index is 389. The molecule has 1 aromatic rings. The number of hydrogen-bond donors (Lipinski definition) is 2. The number of rotatable bonds is 5. The van der Waals surface area contributed by atoms with E-state index >= 15 is 0 Å². The van der Waals surface area contributed by atoms with Crippen molar-refractivity contribution in [1.82, 2.24) is 14.9 Å². The molecule has 7 heteroatoms. The molecule has 1 heterocycles. The molecule has 0 saturated carbocycles.